The van der Waals surface area contributed by atoms with Gasteiger partial charge >= 0.3 is 34.3 Å². The monoisotopic (exact) mass is 1590 g/mol. The van der Waals surface area contributed by atoms with E-state index in [1.807, 2.05) is 77.7 Å². The number of nitrogens with one attached hydrogen (secondary N) is 3. The minimum atomic E-state index is -4.67. The van der Waals surface area contributed by atoms with E-state index in [0.29, 0.717) is 82.6 Å². The Bertz CT molecular complexity index is 5320. The number of para-hydroxylation sites is 3. The smallest absolute Gasteiger partial charge is 0.394 e. The normalized spacial score (nSPS) is 14.6. The van der Waals surface area contributed by atoms with Crippen molar-refractivity contribution in [2.45, 2.75) is 85.7 Å². The van der Waals surface area contributed by atoms with E-state index in [2.05, 4.69) is 31.3 Å². The summed E-state index contributed by atoms with van der Waals surface area (Å²) in [5.41, 5.74) is 9.51. The lowest BCUT2D eigenvalue weighted by Crippen LogP contribution is -2.46. The number of carbonyl (C=O) groups is 9. The number of esters is 4. The van der Waals surface area contributed by atoms with Crippen LogP contribution in [0.2, 0.25) is 0 Å². The van der Waals surface area contributed by atoms with Gasteiger partial charge in [-0.1, -0.05) is 109 Å². The number of aromatic nitrogens is 2. The number of aromatic amines is 2. The molecule has 28 nitrogen and oxygen atoms in total. The number of isocyanates is 1. The number of Topliss-reactive ketones (excluding diaryl/α,β-unsaturated/α-hetero) is 2. The number of rotatable bonds is 16. The molecule has 1 atom stereocenters. The molecule has 14 rings (SSSR count). The first kappa shape index (κ1) is 86.3. The molecule has 0 radical (unpaired) electrons. The first-order valence-electron chi connectivity index (χ1n) is 37.7. The van der Waals surface area contributed by atoms with Crippen LogP contribution in [0.5, 0.6) is 0 Å². The largest absolute Gasteiger partial charge is 0.462 e. The Balaban J connectivity index is 0.000000165. The predicted molar refractivity (Wildman–Crippen MR) is 428 cm³/mol. The maximum atomic E-state index is 12.8. The molecule has 0 saturated carbocycles. The third kappa shape index (κ3) is 23.5. The number of nitrogens with zero attached hydrogens (tertiary/aromatic N) is 5. The second kappa shape index (κ2) is 42.3. The van der Waals surface area contributed by atoms with E-state index in [-0.39, 0.29) is 97.4 Å². The standard InChI is InChI=1S/C23H23NO5.C22H20N2O4.C16H20N2O.C15H16N2O3.C10H9NO3.H2O4S/c1-2-29-23(28)18-11-7-6-10-17(18)14-20(25)19-12-13-24(15-21(19)26)22(27)16-8-4-3-5-9-16;1-2-28-22(27)17-10-6-9-16-15-11-12-24(13-18(15)20(25)23-19(16)17)21(26)14-7-4-3-5-8-14;19-16(14-6-2-1-3-7-14)18-12-8-15(9-13-18)17-10-4-5-11-17;1-2-20-15(19)11-5-3-4-10-9-6-7-16-8-12(9)14(18)17-13(10)11;1-2-14-10(13)8-5-3-4-6-9(8)11-7-12;1-5(2,3)4/h3-11,19H,2,12-15H2,1H3;3-10H,2,11-13H2,1H3,(H,23,25);1-3,6-8H,4-5,9-13H2;3-5,16H,2,6-8H2,1H3,(H,17,18);3-6H,2H2,1H3;(H2,1,2,3,4). The second-order valence-electron chi connectivity index (χ2n) is 26.6. The SMILES string of the molecule is CCOC(=O)c1cccc2c3c(c(=O)[nH]c12)CN(C(=O)c1ccccc1)CC3.CCOC(=O)c1cccc2c3c(c(=O)[nH]c12)CNCC3.CCOC(=O)c1ccccc1CC(=O)C1CCN(C(=O)c2ccccc2)CC1=O.CCOC(=O)c1ccccc1N=C=O.O=C(c1ccccc1)N1CC=C(N2CCCC2)CC1.O=S(=O)(O)O. The number of hydrogen-bond acceptors (Lipinski definition) is 21. The number of ether oxygens (including phenoxy) is 4. The maximum absolute atomic E-state index is 12.8. The van der Waals surface area contributed by atoms with Crippen LogP contribution < -0.4 is 16.4 Å². The Morgan fingerprint density at radius 2 is 0.922 bits per heavy atom. The highest BCUT2D eigenvalue weighted by molar-refractivity contribution is 7.79. The van der Waals surface area contributed by atoms with Crippen molar-refractivity contribution in [1.82, 2.24) is 34.9 Å². The van der Waals surface area contributed by atoms with E-state index < -0.39 is 40.2 Å². The highest BCUT2D eigenvalue weighted by Gasteiger charge is 2.35. The van der Waals surface area contributed by atoms with Crippen molar-refractivity contribution >= 4 is 97.1 Å². The van der Waals surface area contributed by atoms with Crippen LogP contribution in [0.15, 0.2) is 202 Å². The summed E-state index contributed by atoms with van der Waals surface area (Å²) in [4.78, 5) is 162. The summed E-state index contributed by atoms with van der Waals surface area (Å²) in [5.74, 6) is -3.24. The number of likely N-dealkylation sites (tertiary alicyclic amines) is 2. The Hall–Kier alpha value is -12.7. The van der Waals surface area contributed by atoms with Crippen LogP contribution >= 0.6 is 0 Å². The lowest BCUT2D eigenvalue weighted by Gasteiger charge is -2.31. The van der Waals surface area contributed by atoms with E-state index in [0.717, 1.165) is 65.5 Å². The number of amides is 3. The van der Waals surface area contributed by atoms with Crippen molar-refractivity contribution in [3.8, 4) is 0 Å². The van der Waals surface area contributed by atoms with Gasteiger partial charge in [-0.25, -0.2) is 24.0 Å². The number of H-pyrrole nitrogens is 2. The van der Waals surface area contributed by atoms with Crippen LogP contribution in [0, 0.1) is 5.92 Å². The summed E-state index contributed by atoms with van der Waals surface area (Å²) in [6, 6.07) is 51.4. The van der Waals surface area contributed by atoms with Crippen LogP contribution in [0.4, 0.5) is 5.69 Å². The van der Waals surface area contributed by atoms with Gasteiger partial charge in [-0.15, -0.1) is 0 Å². The molecule has 5 aliphatic rings. The molecule has 7 heterocycles. The third-order valence-electron chi connectivity index (χ3n) is 19.2. The van der Waals surface area contributed by atoms with Gasteiger partial charge < -0.3 is 53.8 Å². The zero-order valence-corrected chi connectivity index (χ0v) is 65.0. The van der Waals surface area contributed by atoms with Gasteiger partial charge in [0.1, 0.15) is 5.78 Å². The van der Waals surface area contributed by atoms with Gasteiger partial charge in [-0.2, -0.15) is 13.4 Å². The van der Waals surface area contributed by atoms with E-state index in [4.69, 9.17) is 36.5 Å². The van der Waals surface area contributed by atoms with Gasteiger partial charge in [0.05, 0.1) is 84.4 Å². The minimum Gasteiger partial charge on any atom is -0.462 e. The first-order valence-corrected chi connectivity index (χ1v) is 39.1. The number of benzene rings is 7. The van der Waals surface area contributed by atoms with E-state index in [1.54, 1.807) is 136 Å². The number of ketones is 2. The average Bonchev–Trinajstić information content (AvgIpc) is 0.972. The molecule has 2 aromatic heterocycles. The number of carbonyl (C=O) groups excluding carboxylic acids is 10. The fraction of sp³-hybridized carbons (Fsp3) is 0.302. The van der Waals surface area contributed by atoms with E-state index in [9.17, 15) is 57.5 Å². The molecule has 29 heteroatoms. The molecule has 2 saturated heterocycles. The molecule has 2 fully saturated rings. The molecule has 0 aliphatic carbocycles. The fourth-order valence-corrected chi connectivity index (χ4v) is 13.8. The lowest BCUT2D eigenvalue weighted by atomic mass is 9.87. The Kier molecular flexibility index (Phi) is 31.7. The average molecular weight is 1590 g/mol. The summed E-state index contributed by atoms with van der Waals surface area (Å²) in [5, 5.41) is 4.96. The molecule has 0 spiro atoms. The summed E-state index contributed by atoms with van der Waals surface area (Å²) in [6.45, 7) is 14.5. The van der Waals surface area contributed by atoms with Crippen molar-refractivity contribution in [3.05, 3.63) is 275 Å². The van der Waals surface area contributed by atoms with Gasteiger partial charge in [-0.3, -0.25) is 42.7 Å². The highest BCUT2D eigenvalue weighted by Crippen LogP contribution is 2.30. The highest BCUT2D eigenvalue weighted by atomic mass is 32.3. The topological polar surface area (TPSA) is 385 Å². The van der Waals surface area contributed by atoms with Crippen molar-refractivity contribution in [2.75, 3.05) is 78.8 Å². The molecule has 5 N–H and O–H groups in total. The zero-order valence-electron chi connectivity index (χ0n) is 64.1. The summed E-state index contributed by atoms with van der Waals surface area (Å²) in [7, 11) is -4.67. The van der Waals surface area contributed by atoms with E-state index in [1.165, 1.54) is 42.6 Å². The van der Waals surface area contributed by atoms with Gasteiger partial charge in [0, 0.05) is 103 Å². The summed E-state index contributed by atoms with van der Waals surface area (Å²) in [6.07, 6.45) is 8.86. The molecule has 9 aromatic rings. The summed E-state index contributed by atoms with van der Waals surface area (Å²) < 4.78 is 51.6. The van der Waals surface area contributed by atoms with Crippen molar-refractivity contribution in [3.63, 3.8) is 0 Å². The Labute approximate surface area is 663 Å². The molecule has 0 bridgehead atoms. The first-order chi connectivity index (χ1) is 55.5. The molecule has 3 amide bonds. The van der Waals surface area contributed by atoms with Crippen LogP contribution in [-0.4, -0.2) is 185 Å². The Morgan fingerprint density at radius 3 is 1.42 bits per heavy atom. The lowest BCUT2D eigenvalue weighted by molar-refractivity contribution is -0.135. The van der Waals surface area contributed by atoms with Gasteiger partial charge in [0.25, 0.3) is 28.8 Å². The quantitative estimate of drug-likeness (QED) is 0.0150. The molecule has 1 unspecified atom stereocenters. The van der Waals surface area contributed by atoms with Crippen LogP contribution in [-0.2, 0) is 76.1 Å². The molecule has 5 aliphatic heterocycles. The second-order valence-corrected chi connectivity index (χ2v) is 27.5. The number of aliphatic imine (C=N–C) groups is 1. The van der Waals surface area contributed by atoms with Crippen molar-refractivity contribution in [2.24, 2.45) is 10.9 Å². The van der Waals surface area contributed by atoms with Crippen molar-refractivity contribution in [1.29, 1.82) is 0 Å². The van der Waals surface area contributed by atoms with Gasteiger partial charge in [-0.05, 0) is 156 Å². The van der Waals surface area contributed by atoms with Gasteiger partial charge in [0.2, 0.25) is 6.08 Å². The minimum absolute atomic E-state index is 0.0158. The zero-order chi connectivity index (χ0) is 82.6. The number of piperidine rings is 1. The molecular weight excluding hydrogens is 1500 g/mol. The predicted octanol–water partition coefficient (Wildman–Crippen LogP) is 10.7. The Morgan fingerprint density at radius 1 is 0.487 bits per heavy atom. The van der Waals surface area contributed by atoms with Gasteiger partial charge in [0.15, 0.2) is 5.78 Å². The number of hydrogen-bond donors (Lipinski definition) is 5. The van der Waals surface area contributed by atoms with Crippen molar-refractivity contribution < 1.29 is 84.4 Å². The third-order valence-corrected chi connectivity index (χ3v) is 19.2. The van der Waals surface area contributed by atoms with Crippen LogP contribution in [0.1, 0.15) is 154 Å². The van der Waals surface area contributed by atoms with E-state index >= 15 is 0 Å². The number of fused-ring (bicyclic) bond motifs is 6. The number of pyridine rings is 2. The molecule has 600 valence electrons. The van der Waals surface area contributed by atoms with Crippen LogP contribution in [0.25, 0.3) is 21.8 Å². The maximum Gasteiger partial charge on any atom is 0.394 e. The molecule has 115 heavy (non-hydrogen) atoms. The van der Waals surface area contributed by atoms with Crippen LogP contribution in [0.3, 0.4) is 0 Å². The molecule has 7 aromatic carbocycles. The summed E-state index contributed by atoms with van der Waals surface area (Å²) >= 11 is 0. The molecular formula is C86H90N8O20S. The fourth-order valence-electron chi connectivity index (χ4n) is 13.8.